The molecule has 1 aliphatic heterocycles. The molecule has 3 heterocycles. The standard InChI is InChI=1S/C9H14FN5.C6H5Cl2FN2/c1-2-6-12-8(14-11)7(10)9(13-6)15-4-3-5-15;1-2-3-10-5(7)4(9)6(8)11-3/h2-5,11H2,1H3,(H,12,13,14);2H2,1H3. The highest BCUT2D eigenvalue weighted by molar-refractivity contribution is 6.33. The summed E-state index contributed by atoms with van der Waals surface area (Å²) in [6.45, 7) is 5.45. The minimum Gasteiger partial charge on any atom is -0.354 e. The molecule has 0 saturated carbocycles. The molecule has 0 bridgehead atoms. The Kier molecular flexibility index (Phi) is 7.24. The number of nitrogens with two attached hydrogens (primary N) is 1. The molecule has 1 saturated heterocycles. The van der Waals surface area contributed by atoms with E-state index in [0.29, 0.717) is 30.3 Å². The van der Waals surface area contributed by atoms with Gasteiger partial charge in [-0.3, -0.25) is 0 Å². The van der Waals surface area contributed by atoms with Crippen LogP contribution in [0.25, 0.3) is 0 Å². The summed E-state index contributed by atoms with van der Waals surface area (Å²) in [4.78, 5) is 17.3. The number of anilines is 2. The van der Waals surface area contributed by atoms with Gasteiger partial charge in [0.15, 0.2) is 27.8 Å². The monoisotopic (exact) mass is 405 g/mol. The van der Waals surface area contributed by atoms with Crippen LogP contribution in [0.5, 0.6) is 0 Å². The molecule has 3 rings (SSSR count). The lowest BCUT2D eigenvalue weighted by Crippen LogP contribution is -2.38. The average molecular weight is 406 g/mol. The van der Waals surface area contributed by atoms with Crippen molar-refractivity contribution in [2.45, 2.75) is 33.1 Å². The summed E-state index contributed by atoms with van der Waals surface area (Å²) in [5, 5.41) is -0.441. The number of nitrogen functional groups attached to an aromatic ring is 1. The van der Waals surface area contributed by atoms with Gasteiger partial charge >= 0.3 is 0 Å². The van der Waals surface area contributed by atoms with Crippen LogP contribution in [-0.2, 0) is 12.8 Å². The van der Waals surface area contributed by atoms with Gasteiger partial charge in [0.05, 0.1) is 0 Å². The predicted molar refractivity (Wildman–Crippen MR) is 97.4 cm³/mol. The minimum absolute atomic E-state index is 0.0729. The van der Waals surface area contributed by atoms with Gasteiger partial charge in [0.2, 0.25) is 5.82 Å². The van der Waals surface area contributed by atoms with E-state index in [1.54, 1.807) is 0 Å². The molecule has 7 nitrogen and oxygen atoms in total. The van der Waals surface area contributed by atoms with Gasteiger partial charge in [-0.25, -0.2) is 30.2 Å². The summed E-state index contributed by atoms with van der Waals surface area (Å²) in [6.07, 6.45) is 2.33. The molecule has 0 spiro atoms. The molecule has 2 aromatic rings. The number of hydrogen-bond donors (Lipinski definition) is 2. The van der Waals surface area contributed by atoms with Crippen molar-refractivity contribution in [2.75, 3.05) is 23.4 Å². The van der Waals surface area contributed by atoms with Gasteiger partial charge < -0.3 is 10.3 Å². The van der Waals surface area contributed by atoms with E-state index in [1.165, 1.54) is 0 Å². The van der Waals surface area contributed by atoms with Crippen LogP contribution in [-0.4, -0.2) is 33.0 Å². The van der Waals surface area contributed by atoms with Crippen LogP contribution in [0.3, 0.4) is 0 Å². The van der Waals surface area contributed by atoms with Crippen LogP contribution in [0.15, 0.2) is 0 Å². The molecule has 2 aromatic heterocycles. The van der Waals surface area contributed by atoms with Gasteiger partial charge in [0.1, 0.15) is 11.6 Å². The largest absolute Gasteiger partial charge is 0.354 e. The summed E-state index contributed by atoms with van der Waals surface area (Å²) in [7, 11) is 0. The minimum atomic E-state index is -0.759. The molecule has 1 fully saturated rings. The van der Waals surface area contributed by atoms with Crippen molar-refractivity contribution in [3.8, 4) is 0 Å². The van der Waals surface area contributed by atoms with Crippen LogP contribution in [0.1, 0.15) is 31.9 Å². The molecule has 142 valence electrons. The Morgan fingerprint density at radius 1 is 0.962 bits per heavy atom. The van der Waals surface area contributed by atoms with Crippen molar-refractivity contribution in [2.24, 2.45) is 5.84 Å². The van der Waals surface area contributed by atoms with Crippen LogP contribution < -0.4 is 16.2 Å². The molecule has 0 aliphatic carbocycles. The summed E-state index contributed by atoms with van der Waals surface area (Å²) in [6, 6.07) is 0. The number of nitrogens with one attached hydrogen (secondary N) is 1. The third kappa shape index (κ3) is 4.66. The van der Waals surface area contributed by atoms with E-state index in [2.05, 4.69) is 25.4 Å². The molecule has 1 aliphatic rings. The molecular formula is C15H19Cl2F2N7. The predicted octanol–water partition coefficient (Wildman–Crippen LogP) is 3.16. The number of hydrazine groups is 1. The van der Waals surface area contributed by atoms with Gasteiger partial charge in [0, 0.05) is 25.9 Å². The zero-order valence-electron chi connectivity index (χ0n) is 14.4. The number of hydrogen-bond acceptors (Lipinski definition) is 7. The fraction of sp³-hybridized carbons (Fsp3) is 0.467. The lowest BCUT2D eigenvalue weighted by Gasteiger charge is -2.32. The fourth-order valence-electron chi connectivity index (χ4n) is 2.06. The number of aromatic nitrogens is 4. The van der Waals surface area contributed by atoms with Gasteiger partial charge in [-0.15, -0.1) is 0 Å². The number of rotatable bonds is 4. The molecule has 11 heteroatoms. The molecule has 0 unspecified atom stereocenters. The van der Waals surface area contributed by atoms with E-state index < -0.39 is 11.6 Å². The molecule has 3 N–H and O–H groups in total. The fourth-order valence-corrected chi connectivity index (χ4v) is 2.49. The Balaban J connectivity index is 0.000000197. The van der Waals surface area contributed by atoms with Gasteiger partial charge in [-0.1, -0.05) is 37.0 Å². The average Bonchev–Trinajstić information content (AvgIpc) is 2.59. The van der Waals surface area contributed by atoms with Crippen molar-refractivity contribution in [1.82, 2.24) is 19.9 Å². The third-order valence-electron chi connectivity index (χ3n) is 3.62. The zero-order chi connectivity index (χ0) is 19.3. The van der Waals surface area contributed by atoms with E-state index >= 15 is 0 Å². The second-order valence-corrected chi connectivity index (χ2v) is 6.07. The quantitative estimate of drug-likeness (QED) is 0.458. The summed E-state index contributed by atoms with van der Waals surface area (Å²) in [5.41, 5.74) is 2.26. The summed E-state index contributed by atoms with van der Waals surface area (Å²) >= 11 is 10.8. The van der Waals surface area contributed by atoms with Crippen LogP contribution >= 0.6 is 23.2 Å². The Hall–Kier alpha value is -1.84. The number of nitrogens with zero attached hydrogens (tertiary/aromatic N) is 5. The highest BCUT2D eigenvalue weighted by atomic mass is 35.5. The lowest BCUT2D eigenvalue weighted by atomic mass is 10.2. The van der Waals surface area contributed by atoms with Gasteiger partial charge in [-0.05, 0) is 6.42 Å². The third-order valence-corrected chi connectivity index (χ3v) is 4.12. The van der Waals surface area contributed by atoms with Crippen LogP contribution in [0.4, 0.5) is 20.4 Å². The van der Waals surface area contributed by atoms with Crippen molar-refractivity contribution in [1.29, 1.82) is 0 Å². The Labute approximate surface area is 159 Å². The van der Waals surface area contributed by atoms with Crippen molar-refractivity contribution < 1.29 is 8.78 Å². The maximum atomic E-state index is 13.8. The maximum Gasteiger partial charge on any atom is 0.209 e. The summed E-state index contributed by atoms with van der Waals surface area (Å²) < 4.78 is 26.4. The molecular weight excluding hydrogens is 387 g/mol. The van der Waals surface area contributed by atoms with E-state index in [1.807, 2.05) is 18.7 Å². The van der Waals surface area contributed by atoms with E-state index in [9.17, 15) is 8.78 Å². The Morgan fingerprint density at radius 2 is 1.50 bits per heavy atom. The van der Waals surface area contributed by atoms with Crippen LogP contribution in [0, 0.1) is 11.6 Å². The Morgan fingerprint density at radius 3 is 1.92 bits per heavy atom. The zero-order valence-corrected chi connectivity index (χ0v) is 15.9. The number of aryl methyl sites for hydroxylation is 2. The molecule has 26 heavy (non-hydrogen) atoms. The topological polar surface area (TPSA) is 92.8 Å². The first-order chi connectivity index (χ1) is 12.4. The van der Waals surface area contributed by atoms with Gasteiger partial charge in [-0.2, -0.15) is 4.39 Å². The van der Waals surface area contributed by atoms with E-state index in [-0.39, 0.29) is 16.1 Å². The Bertz CT molecular complexity index is 749. The first-order valence-electron chi connectivity index (χ1n) is 8.06. The molecule has 0 amide bonds. The first-order valence-corrected chi connectivity index (χ1v) is 8.82. The van der Waals surface area contributed by atoms with Crippen molar-refractivity contribution >= 4 is 34.8 Å². The molecule has 0 aromatic carbocycles. The van der Waals surface area contributed by atoms with Crippen LogP contribution in [0.2, 0.25) is 10.3 Å². The molecule has 0 radical (unpaired) electrons. The smallest absolute Gasteiger partial charge is 0.209 e. The van der Waals surface area contributed by atoms with Gasteiger partial charge in [0.25, 0.3) is 0 Å². The van der Waals surface area contributed by atoms with E-state index in [0.717, 1.165) is 19.5 Å². The van der Waals surface area contributed by atoms with Crippen molar-refractivity contribution in [3.63, 3.8) is 0 Å². The summed E-state index contributed by atoms with van der Waals surface area (Å²) in [5.74, 6) is 5.47. The number of halogens is 4. The second-order valence-electron chi connectivity index (χ2n) is 5.35. The normalized spacial score (nSPS) is 13.0. The molecule has 0 atom stereocenters. The van der Waals surface area contributed by atoms with Crippen molar-refractivity contribution in [3.05, 3.63) is 33.6 Å². The SMILES string of the molecule is CCc1nc(Cl)c(F)c(Cl)n1.CCc1nc(NN)c(F)c(N2CCC2)n1. The maximum absolute atomic E-state index is 13.8. The lowest BCUT2D eigenvalue weighted by molar-refractivity contribution is 0.557. The highest BCUT2D eigenvalue weighted by Crippen LogP contribution is 2.25. The van der Waals surface area contributed by atoms with E-state index in [4.69, 9.17) is 29.0 Å². The second kappa shape index (κ2) is 9.20. The highest BCUT2D eigenvalue weighted by Gasteiger charge is 2.23. The first kappa shape index (κ1) is 20.5.